The minimum atomic E-state index is 0. The van der Waals surface area contributed by atoms with Gasteiger partial charge in [0, 0.05) is 44.7 Å². The molecule has 0 radical (unpaired) electrons. The van der Waals surface area contributed by atoms with Crippen molar-refractivity contribution in [3.8, 4) is 5.75 Å². The van der Waals surface area contributed by atoms with Crippen molar-refractivity contribution in [2.75, 3.05) is 33.3 Å². The molecule has 3 aliphatic rings. The second-order valence-corrected chi connectivity index (χ2v) is 8.57. The molecule has 162 valence electrons. The highest BCUT2D eigenvalue weighted by Gasteiger charge is 2.27. The Morgan fingerprint density at radius 2 is 1.83 bits per heavy atom. The Kier molecular flexibility index (Phi) is 8.90. The van der Waals surface area contributed by atoms with Gasteiger partial charge in [-0.1, -0.05) is 37.5 Å². The van der Waals surface area contributed by atoms with Crippen LogP contribution in [0.3, 0.4) is 0 Å². The molecule has 1 aromatic rings. The van der Waals surface area contributed by atoms with Crippen molar-refractivity contribution in [3.05, 3.63) is 29.8 Å². The first-order valence-corrected chi connectivity index (χ1v) is 11.3. The fraction of sp³-hybridized carbons (Fsp3) is 0.696. The highest BCUT2D eigenvalue weighted by atomic mass is 127. The van der Waals surface area contributed by atoms with Gasteiger partial charge >= 0.3 is 0 Å². The van der Waals surface area contributed by atoms with Gasteiger partial charge in [0.25, 0.3) is 0 Å². The Morgan fingerprint density at radius 1 is 1.07 bits per heavy atom. The van der Waals surface area contributed by atoms with Crippen LogP contribution in [0.5, 0.6) is 5.75 Å². The first kappa shape index (κ1) is 22.7. The maximum Gasteiger partial charge on any atom is 0.191 e. The summed E-state index contributed by atoms with van der Waals surface area (Å²) < 4.78 is 5.79. The van der Waals surface area contributed by atoms with Crippen LogP contribution in [0.4, 0.5) is 0 Å². The van der Waals surface area contributed by atoms with Gasteiger partial charge in [-0.2, -0.15) is 0 Å². The van der Waals surface area contributed by atoms with E-state index in [9.17, 15) is 0 Å². The summed E-state index contributed by atoms with van der Waals surface area (Å²) in [5, 5.41) is 7.25. The molecule has 1 atom stereocenters. The Hall–Kier alpha value is -1.02. The third-order valence-electron chi connectivity index (χ3n) is 6.78. The van der Waals surface area contributed by atoms with Crippen LogP contribution in [0.2, 0.25) is 0 Å². The van der Waals surface area contributed by atoms with Crippen molar-refractivity contribution >= 4 is 29.9 Å². The van der Waals surface area contributed by atoms with Gasteiger partial charge in [-0.3, -0.25) is 4.99 Å². The summed E-state index contributed by atoms with van der Waals surface area (Å²) in [6.07, 6.45) is 10.6. The molecule has 0 spiro atoms. The van der Waals surface area contributed by atoms with Crippen LogP contribution in [-0.2, 0) is 0 Å². The van der Waals surface area contributed by atoms with Gasteiger partial charge in [0.05, 0.1) is 6.61 Å². The lowest BCUT2D eigenvalue weighted by Gasteiger charge is -2.39. The number of nitrogens with zero attached hydrogens (tertiary/aromatic N) is 2. The van der Waals surface area contributed by atoms with Crippen LogP contribution < -0.4 is 15.4 Å². The maximum atomic E-state index is 5.79. The summed E-state index contributed by atoms with van der Waals surface area (Å²) in [5.74, 6) is 2.47. The normalized spacial score (nSPS) is 24.2. The van der Waals surface area contributed by atoms with Gasteiger partial charge in [-0.25, -0.2) is 0 Å². The molecule has 1 aliphatic carbocycles. The standard InChI is InChI=1S/C23H36N4O.HI/c1-24-23(25-17-18-13-16-28-22-10-6-5-9-21(18)22)26-19-11-14-27(15-12-19)20-7-3-2-4-8-20;/h5-6,9-10,18-20H,2-4,7-8,11-17H2,1H3,(H2,24,25,26);1H. The van der Waals surface area contributed by atoms with E-state index in [1.165, 1.54) is 63.6 Å². The number of para-hydroxylation sites is 1. The molecule has 0 aromatic heterocycles. The second-order valence-electron chi connectivity index (χ2n) is 8.57. The van der Waals surface area contributed by atoms with Crippen LogP contribution in [0, 0.1) is 0 Å². The predicted octanol–water partition coefficient (Wildman–Crippen LogP) is 4.13. The molecule has 1 unspecified atom stereocenters. The van der Waals surface area contributed by atoms with Crippen molar-refractivity contribution < 1.29 is 4.74 Å². The molecule has 0 bridgehead atoms. The van der Waals surface area contributed by atoms with Crippen molar-refractivity contribution in [1.29, 1.82) is 0 Å². The largest absolute Gasteiger partial charge is 0.493 e. The molecule has 2 fully saturated rings. The van der Waals surface area contributed by atoms with Crippen molar-refractivity contribution in [1.82, 2.24) is 15.5 Å². The van der Waals surface area contributed by atoms with Crippen LogP contribution in [0.1, 0.15) is 62.8 Å². The van der Waals surface area contributed by atoms with E-state index >= 15 is 0 Å². The third-order valence-corrected chi connectivity index (χ3v) is 6.78. The van der Waals surface area contributed by atoms with E-state index in [4.69, 9.17) is 4.74 Å². The van der Waals surface area contributed by atoms with Crippen LogP contribution in [0.25, 0.3) is 0 Å². The number of ether oxygens (including phenoxy) is 1. The fourth-order valence-corrected chi connectivity index (χ4v) is 5.09. The van der Waals surface area contributed by atoms with E-state index < -0.39 is 0 Å². The quantitative estimate of drug-likeness (QED) is 0.362. The van der Waals surface area contributed by atoms with Crippen LogP contribution in [-0.4, -0.2) is 56.2 Å². The van der Waals surface area contributed by atoms with E-state index in [0.717, 1.165) is 37.3 Å². The van der Waals surface area contributed by atoms with E-state index in [1.807, 2.05) is 7.05 Å². The number of halogens is 1. The summed E-state index contributed by atoms with van der Waals surface area (Å²) in [7, 11) is 1.88. The minimum absolute atomic E-state index is 0. The lowest BCUT2D eigenvalue weighted by molar-refractivity contribution is 0.119. The number of piperidine rings is 1. The first-order chi connectivity index (χ1) is 13.8. The summed E-state index contributed by atoms with van der Waals surface area (Å²) in [6.45, 7) is 4.16. The first-order valence-electron chi connectivity index (χ1n) is 11.3. The van der Waals surface area contributed by atoms with Gasteiger partial charge in [0.2, 0.25) is 0 Å². The number of benzene rings is 1. The molecule has 1 saturated carbocycles. The molecule has 29 heavy (non-hydrogen) atoms. The number of hydrogen-bond acceptors (Lipinski definition) is 3. The topological polar surface area (TPSA) is 48.9 Å². The Morgan fingerprint density at radius 3 is 2.59 bits per heavy atom. The number of likely N-dealkylation sites (tertiary alicyclic amines) is 1. The van der Waals surface area contributed by atoms with Gasteiger partial charge in [-0.15, -0.1) is 24.0 Å². The Labute approximate surface area is 193 Å². The highest BCUT2D eigenvalue weighted by molar-refractivity contribution is 14.0. The number of guanidine groups is 1. The molecule has 2 heterocycles. The second kappa shape index (κ2) is 11.4. The summed E-state index contributed by atoms with van der Waals surface area (Å²) in [5.41, 5.74) is 1.32. The third kappa shape index (κ3) is 6.00. The van der Waals surface area contributed by atoms with Gasteiger partial charge < -0.3 is 20.3 Å². The zero-order valence-electron chi connectivity index (χ0n) is 17.7. The minimum Gasteiger partial charge on any atom is -0.493 e. The van der Waals surface area contributed by atoms with Gasteiger partial charge in [0.15, 0.2) is 5.96 Å². The fourth-order valence-electron chi connectivity index (χ4n) is 5.09. The highest BCUT2D eigenvalue weighted by Crippen LogP contribution is 2.32. The molecule has 1 saturated heterocycles. The molecular weight excluding hydrogens is 475 g/mol. The number of hydrogen-bond donors (Lipinski definition) is 2. The zero-order chi connectivity index (χ0) is 19.2. The number of fused-ring (bicyclic) bond motifs is 1. The summed E-state index contributed by atoms with van der Waals surface area (Å²) in [4.78, 5) is 7.22. The Balaban J connectivity index is 0.00000240. The van der Waals surface area contributed by atoms with Gasteiger partial charge in [0.1, 0.15) is 5.75 Å². The average Bonchev–Trinajstić information content (AvgIpc) is 2.77. The molecular formula is C23H37IN4O. The summed E-state index contributed by atoms with van der Waals surface area (Å²) >= 11 is 0. The molecule has 4 rings (SSSR count). The molecule has 0 amide bonds. The van der Waals surface area contributed by atoms with Gasteiger partial charge in [-0.05, 0) is 43.7 Å². The molecule has 6 heteroatoms. The lowest BCUT2D eigenvalue weighted by Crippen LogP contribution is -2.51. The van der Waals surface area contributed by atoms with Crippen molar-refractivity contribution in [2.24, 2.45) is 4.99 Å². The number of aliphatic imine (C=N–C) groups is 1. The zero-order valence-corrected chi connectivity index (χ0v) is 20.1. The SMILES string of the molecule is CN=C(NCC1CCOc2ccccc21)NC1CCN(C2CCCCC2)CC1.I. The van der Waals surface area contributed by atoms with E-state index in [0.29, 0.717) is 12.0 Å². The number of rotatable bonds is 4. The van der Waals surface area contributed by atoms with Crippen LogP contribution >= 0.6 is 24.0 Å². The smallest absolute Gasteiger partial charge is 0.191 e. The molecule has 2 aliphatic heterocycles. The lowest BCUT2D eigenvalue weighted by atomic mass is 9.92. The molecule has 5 nitrogen and oxygen atoms in total. The van der Waals surface area contributed by atoms with E-state index in [2.05, 4.69) is 44.8 Å². The summed E-state index contributed by atoms with van der Waals surface area (Å²) in [6, 6.07) is 9.81. The number of nitrogens with one attached hydrogen (secondary N) is 2. The van der Waals surface area contributed by atoms with Crippen LogP contribution in [0.15, 0.2) is 29.3 Å². The monoisotopic (exact) mass is 512 g/mol. The van der Waals surface area contributed by atoms with E-state index in [1.54, 1.807) is 0 Å². The molecule has 2 N–H and O–H groups in total. The average molecular weight is 512 g/mol. The van der Waals surface area contributed by atoms with E-state index in [-0.39, 0.29) is 24.0 Å². The molecule has 1 aromatic carbocycles. The predicted molar refractivity (Wildman–Crippen MR) is 131 cm³/mol. The maximum absolute atomic E-state index is 5.79. The van der Waals surface area contributed by atoms with Crippen molar-refractivity contribution in [3.63, 3.8) is 0 Å². The van der Waals surface area contributed by atoms with Crippen molar-refractivity contribution in [2.45, 2.75) is 69.4 Å². The Bertz CT molecular complexity index is 654.